The summed E-state index contributed by atoms with van der Waals surface area (Å²) < 4.78 is 19.5. The standard InChI is InChI=1S/C16H22FNO2/c1-16(2)8-6-11(7-9-16)10-20-13-5-3-4-12(14(13)17)15(18)19/h3-5,11H,6-10H2,1-2H3,(H2,18,19). The minimum absolute atomic E-state index is 0.117. The van der Waals surface area contributed by atoms with Crippen LogP contribution in [0.3, 0.4) is 0 Å². The number of carbonyl (C=O) groups excluding carboxylic acids is 1. The minimum atomic E-state index is -0.771. The fourth-order valence-corrected chi connectivity index (χ4v) is 2.65. The molecule has 1 aliphatic carbocycles. The van der Waals surface area contributed by atoms with Gasteiger partial charge in [-0.15, -0.1) is 0 Å². The molecule has 0 aliphatic heterocycles. The predicted octanol–water partition coefficient (Wildman–Crippen LogP) is 3.52. The first-order chi connectivity index (χ1) is 9.39. The van der Waals surface area contributed by atoms with E-state index in [0.29, 0.717) is 17.9 Å². The molecular weight excluding hydrogens is 257 g/mol. The van der Waals surface area contributed by atoms with Crippen LogP contribution < -0.4 is 10.5 Å². The molecule has 20 heavy (non-hydrogen) atoms. The van der Waals surface area contributed by atoms with Gasteiger partial charge < -0.3 is 10.5 Å². The third-order valence-corrected chi connectivity index (χ3v) is 4.16. The molecule has 110 valence electrons. The SMILES string of the molecule is CC1(C)CCC(COc2cccc(C(N)=O)c2F)CC1. The molecule has 1 aliphatic rings. The molecule has 1 amide bonds. The van der Waals surface area contributed by atoms with Crippen molar-refractivity contribution in [2.75, 3.05) is 6.61 Å². The molecule has 1 aromatic rings. The van der Waals surface area contributed by atoms with E-state index in [1.165, 1.54) is 25.0 Å². The van der Waals surface area contributed by atoms with Gasteiger partial charge in [0.2, 0.25) is 0 Å². The molecule has 1 aromatic carbocycles. The third-order valence-electron chi connectivity index (χ3n) is 4.16. The molecule has 0 unspecified atom stereocenters. The van der Waals surface area contributed by atoms with Gasteiger partial charge >= 0.3 is 0 Å². The molecule has 0 radical (unpaired) electrons. The van der Waals surface area contributed by atoms with Crippen molar-refractivity contribution in [1.82, 2.24) is 0 Å². The molecule has 3 nitrogen and oxygen atoms in total. The number of halogens is 1. The highest BCUT2D eigenvalue weighted by atomic mass is 19.1. The number of benzene rings is 1. The Morgan fingerprint density at radius 2 is 2.05 bits per heavy atom. The summed E-state index contributed by atoms with van der Waals surface area (Å²) in [5.41, 5.74) is 5.41. The largest absolute Gasteiger partial charge is 0.490 e. The number of nitrogens with two attached hydrogens (primary N) is 1. The van der Waals surface area contributed by atoms with E-state index in [2.05, 4.69) is 13.8 Å². The van der Waals surface area contributed by atoms with Crippen LogP contribution in [0.4, 0.5) is 4.39 Å². The lowest BCUT2D eigenvalue weighted by atomic mass is 9.73. The average Bonchev–Trinajstić information content (AvgIpc) is 2.38. The topological polar surface area (TPSA) is 52.3 Å². The minimum Gasteiger partial charge on any atom is -0.490 e. The van der Waals surface area contributed by atoms with Crippen LogP contribution in [0, 0.1) is 17.2 Å². The Labute approximate surface area is 119 Å². The second-order valence-electron chi connectivity index (χ2n) is 6.40. The summed E-state index contributed by atoms with van der Waals surface area (Å²) in [6.45, 7) is 5.05. The van der Waals surface area contributed by atoms with E-state index in [4.69, 9.17) is 10.5 Å². The van der Waals surface area contributed by atoms with E-state index in [0.717, 1.165) is 12.8 Å². The summed E-state index contributed by atoms with van der Waals surface area (Å²) in [6.07, 6.45) is 4.55. The summed E-state index contributed by atoms with van der Waals surface area (Å²) in [4.78, 5) is 11.1. The predicted molar refractivity (Wildman–Crippen MR) is 76.2 cm³/mol. The fourth-order valence-electron chi connectivity index (χ4n) is 2.65. The van der Waals surface area contributed by atoms with Crippen LogP contribution in [-0.4, -0.2) is 12.5 Å². The highest BCUT2D eigenvalue weighted by Crippen LogP contribution is 2.38. The Morgan fingerprint density at radius 3 is 2.65 bits per heavy atom. The summed E-state index contributed by atoms with van der Waals surface area (Å²) in [5.74, 6) is -0.853. The first-order valence-corrected chi connectivity index (χ1v) is 7.10. The quantitative estimate of drug-likeness (QED) is 0.916. The number of carbonyl (C=O) groups is 1. The molecule has 1 saturated carbocycles. The summed E-state index contributed by atoms with van der Waals surface area (Å²) >= 11 is 0. The van der Waals surface area contributed by atoms with Crippen molar-refractivity contribution >= 4 is 5.91 Å². The molecule has 1 fully saturated rings. The molecular formula is C16H22FNO2. The smallest absolute Gasteiger partial charge is 0.251 e. The molecule has 0 spiro atoms. The molecule has 2 rings (SSSR count). The van der Waals surface area contributed by atoms with Crippen LogP contribution in [0.15, 0.2) is 18.2 Å². The van der Waals surface area contributed by atoms with Gasteiger partial charge in [0.15, 0.2) is 11.6 Å². The van der Waals surface area contributed by atoms with E-state index >= 15 is 0 Å². The van der Waals surface area contributed by atoms with Crippen molar-refractivity contribution in [2.45, 2.75) is 39.5 Å². The van der Waals surface area contributed by atoms with Gasteiger partial charge in [-0.1, -0.05) is 19.9 Å². The molecule has 0 aromatic heterocycles. The van der Waals surface area contributed by atoms with Crippen molar-refractivity contribution in [3.05, 3.63) is 29.6 Å². The summed E-state index contributed by atoms with van der Waals surface area (Å²) in [5, 5.41) is 0. The first-order valence-electron chi connectivity index (χ1n) is 7.10. The van der Waals surface area contributed by atoms with Gasteiger partial charge in [0.05, 0.1) is 12.2 Å². The van der Waals surface area contributed by atoms with Crippen LogP contribution in [0.5, 0.6) is 5.75 Å². The highest BCUT2D eigenvalue weighted by Gasteiger charge is 2.27. The van der Waals surface area contributed by atoms with Crippen molar-refractivity contribution in [3.8, 4) is 5.75 Å². The number of primary amides is 1. The molecule has 4 heteroatoms. The van der Waals surface area contributed by atoms with Gasteiger partial charge in [-0.05, 0) is 49.1 Å². The van der Waals surface area contributed by atoms with E-state index in [1.807, 2.05) is 0 Å². The average molecular weight is 279 g/mol. The summed E-state index contributed by atoms with van der Waals surface area (Å²) in [7, 11) is 0. The van der Waals surface area contributed by atoms with E-state index in [-0.39, 0.29) is 11.3 Å². The Balaban J connectivity index is 1.95. The van der Waals surface area contributed by atoms with Crippen LogP contribution >= 0.6 is 0 Å². The maximum Gasteiger partial charge on any atom is 0.251 e. The van der Waals surface area contributed by atoms with Crippen molar-refractivity contribution in [1.29, 1.82) is 0 Å². The number of hydrogen-bond donors (Lipinski definition) is 1. The second kappa shape index (κ2) is 5.81. The molecule has 0 saturated heterocycles. The van der Waals surface area contributed by atoms with Crippen LogP contribution in [0.1, 0.15) is 49.9 Å². The molecule has 2 N–H and O–H groups in total. The molecule has 0 heterocycles. The number of ether oxygens (including phenoxy) is 1. The van der Waals surface area contributed by atoms with Gasteiger partial charge in [0, 0.05) is 0 Å². The van der Waals surface area contributed by atoms with E-state index < -0.39 is 11.7 Å². The zero-order chi connectivity index (χ0) is 14.8. The number of amides is 1. The monoisotopic (exact) mass is 279 g/mol. The zero-order valence-electron chi connectivity index (χ0n) is 12.1. The Kier molecular flexibility index (Phi) is 4.31. The van der Waals surface area contributed by atoms with Crippen molar-refractivity contribution < 1.29 is 13.9 Å². The van der Waals surface area contributed by atoms with Crippen molar-refractivity contribution in [3.63, 3.8) is 0 Å². The fraction of sp³-hybridized carbons (Fsp3) is 0.562. The van der Waals surface area contributed by atoms with Gasteiger partial charge in [0.25, 0.3) is 5.91 Å². The first kappa shape index (κ1) is 14.8. The second-order valence-corrected chi connectivity index (χ2v) is 6.40. The molecule has 0 atom stereocenters. The molecule has 0 bridgehead atoms. The van der Waals surface area contributed by atoms with Crippen LogP contribution in [-0.2, 0) is 0 Å². The number of hydrogen-bond acceptors (Lipinski definition) is 2. The normalized spacial score (nSPS) is 18.8. The van der Waals surface area contributed by atoms with Gasteiger partial charge in [-0.3, -0.25) is 4.79 Å². The Bertz CT molecular complexity index is 489. The van der Waals surface area contributed by atoms with E-state index in [1.54, 1.807) is 6.07 Å². The van der Waals surface area contributed by atoms with E-state index in [9.17, 15) is 9.18 Å². The lowest BCUT2D eigenvalue weighted by molar-refractivity contribution is 0.0994. The highest BCUT2D eigenvalue weighted by molar-refractivity contribution is 5.93. The van der Waals surface area contributed by atoms with Crippen LogP contribution in [0.25, 0.3) is 0 Å². The Hall–Kier alpha value is -1.58. The zero-order valence-corrected chi connectivity index (χ0v) is 12.1. The van der Waals surface area contributed by atoms with Gasteiger partial charge in [-0.2, -0.15) is 0 Å². The number of rotatable bonds is 4. The van der Waals surface area contributed by atoms with Gasteiger partial charge in [-0.25, -0.2) is 4.39 Å². The maximum atomic E-state index is 14.0. The lowest BCUT2D eigenvalue weighted by Crippen LogP contribution is -2.25. The van der Waals surface area contributed by atoms with Crippen LogP contribution in [0.2, 0.25) is 0 Å². The maximum absolute atomic E-state index is 14.0. The Morgan fingerprint density at radius 1 is 1.40 bits per heavy atom. The van der Waals surface area contributed by atoms with Gasteiger partial charge in [0.1, 0.15) is 0 Å². The lowest BCUT2D eigenvalue weighted by Gasteiger charge is -2.34. The summed E-state index contributed by atoms with van der Waals surface area (Å²) in [6, 6.07) is 4.49. The third kappa shape index (κ3) is 3.50. The van der Waals surface area contributed by atoms with Crippen molar-refractivity contribution in [2.24, 2.45) is 17.1 Å².